The molecule has 0 radical (unpaired) electrons. The average Bonchev–Trinajstić information content (AvgIpc) is 2.46. The van der Waals surface area contributed by atoms with Crippen LogP contribution in [0, 0.1) is 0 Å². The van der Waals surface area contributed by atoms with E-state index in [2.05, 4.69) is 29.3 Å². The highest BCUT2D eigenvalue weighted by atomic mass is 35.5. The van der Waals surface area contributed by atoms with Crippen LogP contribution in [0.4, 0.5) is 0 Å². The van der Waals surface area contributed by atoms with Crippen molar-refractivity contribution in [2.45, 2.75) is 38.6 Å². The average molecular weight is 281 g/mol. The lowest BCUT2D eigenvalue weighted by Crippen LogP contribution is -2.45. The smallest absolute Gasteiger partial charge is 0.0453 e. The van der Waals surface area contributed by atoms with Gasteiger partial charge in [0.1, 0.15) is 0 Å². The van der Waals surface area contributed by atoms with Gasteiger partial charge in [-0.25, -0.2) is 0 Å². The minimum atomic E-state index is 0.488. The molecule has 3 heteroatoms. The van der Waals surface area contributed by atoms with Gasteiger partial charge in [0, 0.05) is 37.2 Å². The molecule has 0 saturated carbocycles. The molecule has 19 heavy (non-hydrogen) atoms. The van der Waals surface area contributed by atoms with Crippen molar-refractivity contribution in [3.63, 3.8) is 0 Å². The Kier molecular flexibility index (Phi) is 6.15. The number of hydrogen-bond acceptors (Lipinski definition) is 2. The number of halogens is 1. The van der Waals surface area contributed by atoms with E-state index in [1.54, 1.807) is 0 Å². The second-order valence-electron chi connectivity index (χ2n) is 5.32. The van der Waals surface area contributed by atoms with Crippen molar-refractivity contribution in [2.24, 2.45) is 0 Å². The van der Waals surface area contributed by atoms with Crippen LogP contribution in [0.25, 0.3) is 0 Å². The summed E-state index contributed by atoms with van der Waals surface area (Å²) < 4.78 is 0. The molecule has 1 heterocycles. The zero-order valence-electron chi connectivity index (χ0n) is 11.9. The van der Waals surface area contributed by atoms with E-state index < -0.39 is 0 Å². The topological polar surface area (TPSA) is 15.3 Å². The molecule has 106 valence electrons. The van der Waals surface area contributed by atoms with Crippen LogP contribution in [-0.4, -0.2) is 31.1 Å². The maximum absolute atomic E-state index is 6.41. The number of rotatable bonds is 6. The molecule has 0 unspecified atom stereocenters. The van der Waals surface area contributed by atoms with Crippen LogP contribution in [0.5, 0.6) is 0 Å². The molecule has 1 fully saturated rings. The number of hydrogen-bond donors (Lipinski definition) is 1. The molecule has 1 aromatic carbocycles. The summed E-state index contributed by atoms with van der Waals surface area (Å²) >= 11 is 6.41. The molecule has 1 atom stereocenters. The third kappa shape index (κ3) is 4.20. The standard InChI is InChI=1S/C16H25ClN2/c1-2-3-4-9-16(19-12-10-18-11-13-19)14-7-5-6-8-15(14)17/h5-8,16,18H,2-4,9-13H2,1H3/t16-/m0/s1. The normalized spacial score (nSPS) is 18.4. The van der Waals surface area contributed by atoms with E-state index >= 15 is 0 Å². The lowest BCUT2D eigenvalue weighted by atomic mass is 9.98. The Morgan fingerprint density at radius 2 is 1.95 bits per heavy atom. The number of nitrogens with zero attached hydrogens (tertiary/aromatic N) is 1. The molecular formula is C16H25ClN2. The van der Waals surface area contributed by atoms with Gasteiger partial charge in [0.25, 0.3) is 0 Å². The summed E-state index contributed by atoms with van der Waals surface area (Å²) in [5.41, 5.74) is 1.31. The number of nitrogens with one attached hydrogen (secondary N) is 1. The molecule has 2 nitrogen and oxygen atoms in total. The van der Waals surface area contributed by atoms with E-state index in [1.165, 1.54) is 31.2 Å². The fraction of sp³-hybridized carbons (Fsp3) is 0.625. The van der Waals surface area contributed by atoms with Crippen LogP contribution in [-0.2, 0) is 0 Å². The maximum atomic E-state index is 6.41. The van der Waals surface area contributed by atoms with Gasteiger partial charge in [-0.15, -0.1) is 0 Å². The van der Waals surface area contributed by atoms with Crippen molar-refractivity contribution in [2.75, 3.05) is 26.2 Å². The minimum Gasteiger partial charge on any atom is -0.314 e. The second kappa shape index (κ2) is 7.88. The van der Waals surface area contributed by atoms with Crippen LogP contribution in [0.3, 0.4) is 0 Å². The van der Waals surface area contributed by atoms with Gasteiger partial charge < -0.3 is 5.32 Å². The first-order valence-corrected chi connectivity index (χ1v) is 7.90. The lowest BCUT2D eigenvalue weighted by molar-refractivity contribution is 0.163. The van der Waals surface area contributed by atoms with E-state index in [0.29, 0.717) is 6.04 Å². The van der Waals surface area contributed by atoms with Crippen LogP contribution in [0.1, 0.15) is 44.2 Å². The fourth-order valence-corrected chi connectivity index (χ4v) is 3.12. The maximum Gasteiger partial charge on any atom is 0.0453 e. The summed E-state index contributed by atoms with van der Waals surface area (Å²) in [5.74, 6) is 0. The van der Waals surface area contributed by atoms with Crippen LogP contribution >= 0.6 is 11.6 Å². The predicted molar refractivity (Wildman–Crippen MR) is 82.8 cm³/mol. The third-order valence-corrected chi connectivity index (χ3v) is 4.28. The molecule has 1 N–H and O–H groups in total. The first kappa shape index (κ1) is 14.8. The van der Waals surface area contributed by atoms with Crippen molar-refractivity contribution in [1.29, 1.82) is 0 Å². The Morgan fingerprint density at radius 1 is 1.21 bits per heavy atom. The molecule has 0 aromatic heterocycles. The Morgan fingerprint density at radius 3 is 2.63 bits per heavy atom. The molecule has 0 spiro atoms. The van der Waals surface area contributed by atoms with Crippen molar-refractivity contribution in [3.8, 4) is 0 Å². The van der Waals surface area contributed by atoms with E-state index in [0.717, 1.165) is 31.2 Å². The Hall–Kier alpha value is -0.570. The molecular weight excluding hydrogens is 256 g/mol. The van der Waals surface area contributed by atoms with Crippen LogP contribution in [0.2, 0.25) is 5.02 Å². The molecule has 1 aliphatic rings. The molecule has 0 bridgehead atoms. The summed E-state index contributed by atoms with van der Waals surface area (Å²) in [5, 5.41) is 4.35. The second-order valence-corrected chi connectivity index (χ2v) is 5.73. The van der Waals surface area contributed by atoms with Crippen LogP contribution in [0.15, 0.2) is 24.3 Å². The molecule has 1 saturated heterocycles. The van der Waals surface area contributed by atoms with Gasteiger partial charge in [-0.1, -0.05) is 56.0 Å². The third-order valence-electron chi connectivity index (χ3n) is 3.94. The van der Waals surface area contributed by atoms with Crippen LogP contribution < -0.4 is 5.32 Å². The van der Waals surface area contributed by atoms with Gasteiger partial charge in [-0.2, -0.15) is 0 Å². The monoisotopic (exact) mass is 280 g/mol. The van der Waals surface area contributed by atoms with Gasteiger partial charge in [0.05, 0.1) is 0 Å². The van der Waals surface area contributed by atoms with E-state index in [4.69, 9.17) is 11.6 Å². The first-order valence-electron chi connectivity index (χ1n) is 7.52. The van der Waals surface area contributed by atoms with E-state index in [9.17, 15) is 0 Å². The van der Waals surface area contributed by atoms with Crippen molar-refractivity contribution in [3.05, 3.63) is 34.9 Å². The fourth-order valence-electron chi connectivity index (χ4n) is 2.86. The van der Waals surface area contributed by atoms with Crippen molar-refractivity contribution in [1.82, 2.24) is 10.2 Å². The van der Waals surface area contributed by atoms with Gasteiger partial charge in [0.15, 0.2) is 0 Å². The summed E-state index contributed by atoms with van der Waals surface area (Å²) in [6.07, 6.45) is 5.09. The Balaban J connectivity index is 2.10. The molecule has 1 aliphatic heterocycles. The summed E-state index contributed by atoms with van der Waals surface area (Å²) in [6, 6.07) is 8.83. The zero-order valence-corrected chi connectivity index (χ0v) is 12.6. The zero-order chi connectivity index (χ0) is 13.5. The summed E-state index contributed by atoms with van der Waals surface area (Å²) in [7, 11) is 0. The van der Waals surface area contributed by atoms with E-state index in [-0.39, 0.29) is 0 Å². The van der Waals surface area contributed by atoms with Gasteiger partial charge in [0.2, 0.25) is 0 Å². The SMILES string of the molecule is CCCCC[C@@H](c1ccccc1Cl)N1CCNCC1. The minimum absolute atomic E-state index is 0.488. The van der Waals surface area contributed by atoms with Gasteiger partial charge >= 0.3 is 0 Å². The quantitative estimate of drug-likeness (QED) is 0.796. The number of piperazine rings is 1. The van der Waals surface area contributed by atoms with Gasteiger partial charge in [-0.3, -0.25) is 4.90 Å². The highest BCUT2D eigenvalue weighted by Crippen LogP contribution is 2.31. The molecule has 2 rings (SSSR count). The molecule has 0 amide bonds. The van der Waals surface area contributed by atoms with E-state index in [1.807, 2.05) is 12.1 Å². The Labute approximate surface area is 122 Å². The van der Waals surface area contributed by atoms with Crippen molar-refractivity contribution >= 4 is 11.6 Å². The Bertz CT molecular complexity index is 375. The van der Waals surface area contributed by atoms with Crippen molar-refractivity contribution < 1.29 is 0 Å². The highest BCUT2D eigenvalue weighted by molar-refractivity contribution is 6.31. The lowest BCUT2D eigenvalue weighted by Gasteiger charge is -2.35. The predicted octanol–water partition coefficient (Wildman–Crippen LogP) is 3.87. The van der Waals surface area contributed by atoms with Gasteiger partial charge in [-0.05, 0) is 18.1 Å². The number of benzene rings is 1. The molecule has 1 aromatic rings. The highest BCUT2D eigenvalue weighted by Gasteiger charge is 2.23. The summed E-state index contributed by atoms with van der Waals surface area (Å²) in [4.78, 5) is 2.59. The number of unbranched alkanes of at least 4 members (excludes halogenated alkanes) is 2. The largest absolute Gasteiger partial charge is 0.314 e. The summed E-state index contributed by atoms with van der Waals surface area (Å²) in [6.45, 7) is 6.70. The first-order chi connectivity index (χ1) is 9.33. The molecule has 0 aliphatic carbocycles.